The highest BCUT2D eigenvalue weighted by atomic mass is 31.1. The molecule has 1 radical (unpaired) electrons. The average molecular weight is 377 g/mol. The van der Waals surface area contributed by atoms with Gasteiger partial charge in [-0.05, 0) is 27.1 Å². The van der Waals surface area contributed by atoms with Crippen LogP contribution >= 0.6 is 17.8 Å². The summed E-state index contributed by atoms with van der Waals surface area (Å²) in [5.74, 6) is 0.182. The monoisotopic (exact) mass is 377 g/mol. The van der Waals surface area contributed by atoms with Crippen molar-refractivity contribution in [2.24, 2.45) is 11.8 Å². The lowest BCUT2D eigenvalue weighted by molar-refractivity contribution is -0.141. The fraction of sp³-hybridized carbons (Fsp3) is 0.500. The van der Waals surface area contributed by atoms with Gasteiger partial charge in [0, 0.05) is 18.3 Å². The van der Waals surface area contributed by atoms with E-state index in [2.05, 4.69) is 21.3 Å². The molecule has 0 aromatic heterocycles. The van der Waals surface area contributed by atoms with Crippen LogP contribution in [0, 0.1) is 11.8 Å². The van der Waals surface area contributed by atoms with Crippen molar-refractivity contribution in [1.29, 1.82) is 0 Å². The summed E-state index contributed by atoms with van der Waals surface area (Å²) in [5.41, 5.74) is 1.23. The van der Waals surface area contributed by atoms with E-state index in [4.69, 9.17) is 9.26 Å². The van der Waals surface area contributed by atoms with Gasteiger partial charge in [-0.3, -0.25) is 4.79 Å². The van der Waals surface area contributed by atoms with Gasteiger partial charge in [-0.25, -0.2) is 0 Å². The zero-order valence-corrected chi connectivity index (χ0v) is 16.2. The number of ether oxygens (including phenoxy) is 1. The Labute approximate surface area is 154 Å². The maximum Gasteiger partial charge on any atom is 0.306 e. The van der Waals surface area contributed by atoms with Crippen LogP contribution < -0.4 is 0 Å². The number of carbonyl (C=O) groups is 1. The van der Waals surface area contributed by atoms with Crippen molar-refractivity contribution in [3.05, 3.63) is 48.0 Å². The molecule has 0 spiro atoms. The number of hydrogen-bond donors (Lipinski definition) is 1. The maximum atomic E-state index is 11.6. The molecule has 2 fully saturated rings. The molecule has 1 heterocycles. The molecule has 1 N–H and O–H groups in total. The zero-order chi connectivity index (χ0) is 17.6. The molecule has 1 aromatic carbocycles. The first-order valence-electron chi connectivity index (χ1n) is 8.71. The summed E-state index contributed by atoms with van der Waals surface area (Å²) in [6.07, 6.45) is 6.15. The molecule has 1 saturated carbocycles. The molecular weight excluding hydrogens is 353 g/mol. The molecule has 1 aliphatic carbocycles. The van der Waals surface area contributed by atoms with Gasteiger partial charge in [0.2, 0.25) is 6.72 Å². The molecule has 7 atom stereocenters. The minimum atomic E-state index is -0.492. The number of hydrogen-bond acceptors (Lipinski definition) is 4. The maximum absolute atomic E-state index is 11.6. The van der Waals surface area contributed by atoms with Crippen LogP contribution in [0.1, 0.15) is 24.8 Å². The molecule has 1 aromatic rings. The van der Waals surface area contributed by atoms with E-state index < -0.39 is 6.10 Å². The summed E-state index contributed by atoms with van der Waals surface area (Å²) in [5, 5.41) is 10.3. The van der Waals surface area contributed by atoms with E-state index in [9.17, 15) is 9.90 Å². The van der Waals surface area contributed by atoms with Gasteiger partial charge in [-0.2, -0.15) is 9.12 Å². The van der Waals surface area contributed by atoms with E-state index in [-0.39, 0.29) is 30.0 Å². The highest BCUT2D eigenvalue weighted by Crippen LogP contribution is 2.45. The number of fused-ring (bicyclic) bond motifs is 1. The number of benzene rings is 1. The van der Waals surface area contributed by atoms with Crippen molar-refractivity contribution in [3.63, 3.8) is 0 Å². The topological polar surface area (TPSA) is 55.8 Å². The van der Waals surface area contributed by atoms with Gasteiger partial charge in [0.05, 0.1) is 18.6 Å². The van der Waals surface area contributed by atoms with Gasteiger partial charge in [0.25, 0.3) is 0 Å². The van der Waals surface area contributed by atoms with Crippen LogP contribution in [0.2, 0.25) is 0 Å². The van der Waals surface area contributed by atoms with E-state index in [0.29, 0.717) is 21.5 Å². The van der Waals surface area contributed by atoms with Gasteiger partial charge in [0.15, 0.2) is 0 Å². The van der Waals surface area contributed by atoms with E-state index >= 15 is 0 Å². The second-order valence-corrected chi connectivity index (χ2v) is 8.43. The molecule has 3 rings (SSSR count). The standard InChI is InChI=1S/C18H24BO4P2/c20-13(7-6-12-4-2-1-3-5-12)8-9-14-15-10-18(21)22-16(15)11-17(14)23-25-19-24/h1-5,8-9,13-17,20,25H,6-7,10-11,24H2/t13-,14+,15+,16-,17+/m0/s1. The van der Waals surface area contributed by atoms with Crippen LogP contribution in [0.3, 0.4) is 0 Å². The molecule has 0 bridgehead atoms. The third-order valence-corrected chi connectivity index (χ3v) is 5.95. The van der Waals surface area contributed by atoms with E-state index in [0.717, 1.165) is 12.8 Å². The lowest BCUT2D eigenvalue weighted by atomic mass is 9.91. The van der Waals surface area contributed by atoms with Crippen molar-refractivity contribution in [2.45, 2.75) is 44.0 Å². The normalized spacial score (nSPS) is 30.1. The summed E-state index contributed by atoms with van der Waals surface area (Å²) in [7, 11) is 2.87. The Bertz CT molecular complexity index is 598. The zero-order valence-electron chi connectivity index (χ0n) is 14.1. The first-order valence-corrected chi connectivity index (χ1v) is 10.4. The third-order valence-electron chi connectivity index (χ3n) is 4.97. The second-order valence-electron chi connectivity index (χ2n) is 6.63. The fourth-order valence-electron chi connectivity index (χ4n) is 3.73. The van der Waals surface area contributed by atoms with E-state index in [1.165, 1.54) is 5.56 Å². The van der Waals surface area contributed by atoms with Crippen LogP contribution in [-0.4, -0.2) is 36.1 Å². The largest absolute Gasteiger partial charge is 0.462 e. The van der Waals surface area contributed by atoms with Gasteiger partial charge in [-0.15, -0.1) is 0 Å². The predicted octanol–water partition coefficient (Wildman–Crippen LogP) is 2.88. The molecule has 0 amide bonds. The van der Waals surface area contributed by atoms with Gasteiger partial charge in [0.1, 0.15) is 6.10 Å². The first-order chi connectivity index (χ1) is 12.2. The molecule has 2 aliphatic rings. The van der Waals surface area contributed by atoms with Crippen molar-refractivity contribution >= 4 is 30.5 Å². The smallest absolute Gasteiger partial charge is 0.306 e. The third kappa shape index (κ3) is 5.14. The molecule has 2 unspecified atom stereocenters. The number of aliphatic hydroxyl groups is 1. The molecular formula is C18H24BO4P2. The minimum absolute atomic E-state index is 0.0390. The quantitative estimate of drug-likeness (QED) is 0.328. The van der Waals surface area contributed by atoms with Crippen molar-refractivity contribution in [1.82, 2.24) is 0 Å². The lowest BCUT2D eigenvalue weighted by Gasteiger charge is -2.20. The summed E-state index contributed by atoms with van der Waals surface area (Å²) in [6, 6.07) is 10.2. The summed E-state index contributed by atoms with van der Waals surface area (Å²) in [4.78, 5) is 11.6. The number of rotatable bonds is 8. The number of carbonyl (C=O) groups excluding carboxylic acids is 1. The van der Waals surface area contributed by atoms with Gasteiger partial charge in [-0.1, -0.05) is 42.5 Å². The van der Waals surface area contributed by atoms with Gasteiger partial charge < -0.3 is 14.4 Å². The van der Waals surface area contributed by atoms with E-state index in [1.54, 1.807) is 0 Å². The van der Waals surface area contributed by atoms with E-state index in [1.807, 2.05) is 37.1 Å². The number of esters is 1. The Hall–Kier alpha value is -0.725. The lowest BCUT2D eigenvalue weighted by Crippen LogP contribution is -2.20. The molecule has 7 heteroatoms. The fourth-order valence-corrected chi connectivity index (χ4v) is 4.47. The van der Waals surface area contributed by atoms with Crippen molar-refractivity contribution in [2.75, 3.05) is 0 Å². The summed E-state index contributed by atoms with van der Waals surface area (Å²) >= 11 is 0. The Morgan fingerprint density at radius 1 is 1.44 bits per heavy atom. The number of aryl methyl sites for hydroxylation is 1. The minimum Gasteiger partial charge on any atom is -0.462 e. The van der Waals surface area contributed by atoms with Gasteiger partial charge >= 0.3 is 5.97 Å². The molecule has 4 nitrogen and oxygen atoms in total. The Morgan fingerprint density at radius 2 is 2.24 bits per heavy atom. The van der Waals surface area contributed by atoms with Crippen LogP contribution in [0.15, 0.2) is 42.5 Å². The molecule has 25 heavy (non-hydrogen) atoms. The van der Waals surface area contributed by atoms with Crippen molar-refractivity contribution in [3.8, 4) is 0 Å². The number of aliphatic hydroxyl groups excluding tert-OH is 1. The highest BCUT2D eigenvalue weighted by molar-refractivity contribution is 7.92. The SMILES string of the molecule is O=C1C[C@@H]2[C@@H](C=C[C@@H](O)CCc3ccccc3)[C@H](OP[B]P)C[C@@H]2O1. The summed E-state index contributed by atoms with van der Waals surface area (Å²) in [6.45, 7) is 1.93. The van der Waals surface area contributed by atoms with Crippen LogP contribution in [0.25, 0.3) is 0 Å². The van der Waals surface area contributed by atoms with Crippen LogP contribution in [0.5, 0.6) is 0 Å². The average Bonchev–Trinajstić information content (AvgIpc) is 3.13. The molecule has 1 aliphatic heterocycles. The molecule has 133 valence electrons. The summed E-state index contributed by atoms with van der Waals surface area (Å²) < 4.78 is 11.3. The first kappa shape index (κ1) is 19.0. The Morgan fingerprint density at radius 3 is 3.00 bits per heavy atom. The predicted molar refractivity (Wildman–Crippen MR) is 105 cm³/mol. The van der Waals surface area contributed by atoms with Crippen LogP contribution in [-0.2, 0) is 20.5 Å². The van der Waals surface area contributed by atoms with Crippen LogP contribution in [0.4, 0.5) is 0 Å². The Kier molecular flexibility index (Phi) is 7.07. The highest BCUT2D eigenvalue weighted by Gasteiger charge is 2.49. The second kappa shape index (κ2) is 9.28. The molecule has 1 saturated heterocycles. The Balaban J connectivity index is 1.57. The van der Waals surface area contributed by atoms with Crippen molar-refractivity contribution < 1.29 is 19.2 Å².